The van der Waals surface area contributed by atoms with Gasteiger partial charge in [0.15, 0.2) is 0 Å². The number of benzene rings is 2. The molecule has 2 aromatic carbocycles. The number of para-hydroxylation sites is 1. The summed E-state index contributed by atoms with van der Waals surface area (Å²) in [5.74, 6) is -0.847. The van der Waals surface area contributed by atoms with Crippen molar-refractivity contribution < 1.29 is 9.59 Å². The van der Waals surface area contributed by atoms with Crippen molar-refractivity contribution >= 4 is 51.5 Å². The number of anilines is 2. The number of rotatable bonds is 4. The van der Waals surface area contributed by atoms with Crippen LogP contribution >= 0.6 is 22.6 Å². The Morgan fingerprint density at radius 1 is 1.12 bits per heavy atom. The number of nitrogens with two attached hydrogens (primary N) is 1. The van der Waals surface area contributed by atoms with Gasteiger partial charge in [0.05, 0.1) is 5.69 Å². The van der Waals surface area contributed by atoms with Crippen LogP contribution in [0.4, 0.5) is 11.4 Å². The van der Waals surface area contributed by atoms with Crippen molar-refractivity contribution in [1.29, 1.82) is 0 Å². The lowest BCUT2D eigenvalue weighted by Gasteiger charge is -2.20. The van der Waals surface area contributed by atoms with E-state index in [1.54, 1.807) is 0 Å². The summed E-state index contributed by atoms with van der Waals surface area (Å²) in [5, 5.41) is 8.61. The van der Waals surface area contributed by atoms with Crippen molar-refractivity contribution in [3.63, 3.8) is 0 Å². The Balaban J connectivity index is 1.81. The Labute approximate surface area is 152 Å². The molecule has 7 heteroatoms. The molecular formula is C17H15IN4O2. The average molecular weight is 434 g/mol. The Morgan fingerprint density at radius 3 is 2.42 bits per heavy atom. The van der Waals surface area contributed by atoms with Crippen LogP contribution in [-0.4, -0.2) is 23.6 Å². The van der Waals surface area contributed by atoms with Crippen LogP contribution in [0.15, 0.2) is 59.7 Å². The highest BCUT2D eigenvalue weighted by molar-refractivity contribution is 14.1. The fourth-order valence-electron chi connectivity index (χ4n) is 2.42. The second kappa shape index (κ2) is 7.00. The first-order valence-corrected chi connectivity index (χ1v) is 8.40. The molecule has 0 saturated carbocycles. The van der Waals surface area contributed by atoms with Crippen LogP contribution in [0.1, 0.15) is 6.42 Å². The third-order valence-corrected chi connectivity index (χ3v) is 4.34. The quantitative estimate of drug-likeness (QED) is 0.725. The zero-order valence-electron chi connectivity index (χ0n) is 12.6. The van der Waals surface area contributed by atoms with Gasteiger partial charge in [0, 0.05) is 15.7 Å². The van der Waals surface area contributed by atoms with Gasteiger partial charge in [0.1, 0.15) is 11.8 Å². The number of hydrogen-bond acceptors (Lipinski definition) is 4. The fourth-order valence-corrected chi connectivity index (χ4v) is 2.78. The summed E-state index contributed by atoms with van der Waals surface area (Å²) in [7, 11) is 0. The smallest absolute Gasteiger partial charge is 0.271 e. The summed E-state index contributed by atoms with van der Waals surface area (Å²) >= 11 is 2.19. The molecule has 1 aliphatic rings. The van der Waals surface area contributed by atoms with E-state index < -0.39 is 11.9 Å². The maximum atomic E-state index is 12.4. The number of hydrazone groups is 1. The predicted molar refractivity (Wildman–Crippen MR) is 102 cm³/mol. The van der Waals surface area contributed by atoms with Crippen LogP contribution in [0.5, 0.6) is 0 Å². The number of nitrogens with zero attached hydrogens (tertiary/aromatic N) is 2. The van der Waals surface area contributed by atoms with Gasteiger partial charge in [0.2, 0.25) is 5.91 Å². The van der Waals surface area contributed by atoms with Crippen LogP contribution in [-0.2, 0) is 9.59 Å². The number of carbonyl (C=O) groups is 2. The van der Waals surface area contributed by atoms with Crippen molar-refractivity contribution in [2.45, 2.75) is 12.5 Å². The van der Waals surface area contributed by atoms with Crippen LogP contribution in [0.25, 0.3) is 0 Å². The van der Waals surface area contributed by atoms with Crippen molar-refractivity contribution in [3.05, 3.63) is 58.2 Å². The lowest BCUT2D eigenvalue weighted by molar-refractivity contribution is -0.119. The molecule has 0 aliphatic carbocycles. The molecule has 0 spiro atoms. The zero-order valence-corrected chi connectivity index (χ0v) is 14.8. The summed E-state index contributed by atoms with van der Waals surface area (Å²) in [4.78, 5) is 24.1. The molecule has 0 bridgehead atoms. The number of primary amides is 1. The van der Waals surface area contributed by atoms with E-state index in [4.69, 9.17) is 5.73 Å². The van der Waals surface area contributed by atoms with E-state index in [0.29, 0.717) is 5.69 Å². The van der Waals surface area contributed by atoms with Gasteiger partial charge >= 0.3 is 0 Å². The molecule has 1 atom stereocenters. The summed E-state index contributed by atoms with van der Waals surface area (Å²) in [6, 6.07) is 15.9. The van der Waals surface area contributed by atoms with Gasteiger partial charge in [-0.25, -0.2) is 0 Å². The molecule has 3 rings (SSSR count). The van der Waals surface area contributed by atoms with Crippen molar-refractivity contribution in [2.24, 2.45) is 10.8 Å². The van der Waals surface area contributed by atoms with E-state index in [2.05, 4.69) is 33.0 Å². The number of carbonyl (C=O) groups excluding carboxylic acids is 2. The molecule has 6 nitrogen and oxygen atoms in total. The first-order valence-electron chi connectivity index (χ1n) is 7.32. The second-order valence-electron chi connectivity index (χ2n) is 5.31. The standard InChI is InChI=1S/C17H15IN4O2/c18-11-6-8-12(9-7-11)20-17(24)14-10-15(16(19)23)22(21-14)13-4-2-1-3-5-13/h1-9,15H,10H2,(H2,19,23)(H,20,24). The minimum atomic E-state index is -0.662. The first kappa shape index (κ1) is 16.4. The molecule has 1 unspecified atom stereocenters. The molecule has 2 amide bonds. The Morgan fingerprint density at radius 2 is 1.79 bits per heavy atom. The molecule has 1 heterocycles. The van der Waals surface area contributed by atoms with Crippen molar-refractivity contribution in [3.8, 4) is 0 Å². The van der Waals surface area contributed by atoms with Crippen molar-refractivity contribution in [2.75, 3.05) is 10.3 Å². The Hall–Kier alpha value is -2.42. The van der Waals surface area contributed by atoms with E-state index in [1.807, 2.05) is 54.6 Å². The lowest BCUT2D eigenvalue weighted by atomic mass is 10.1. The Bertz CT molecular complexity index is 790. The molecule has 122 valence electrons. The SMILES string of the molecule is NC(=O)C1CC(C(=O)Nc2ccc(I)cc2)=NN1c1ccccc1. The molecular weight excluding hydrogens is 419 g/mol. The molecule has 0 radical (unpaired) electrons. The summed E-state index contributed by atoms with van der Waals surface area (Å²) in [6.07, 6.45) is 0.181. The topological polar surface area (TPSA) is 87.8 Å². The van der Waals surface area contributed by atoms with Gasteiger partial charge < -0.3 is 11.1 Å². The summed E-state index contributed by atoms with van der Waals surface area (Å²) in [5.41, 5.74) is 7.15. The van der Waals surface area contributed by atoms with Gasteiger partial charge in [-0.1, -0.05) is 18.2 Å². The predicted octanol–water partition coefficient (Wildman–Crippen LogP) is 2.35. The number of halogens is 1. The van der Waals surface area contributed by atoms with E-state index in [9.17, 15) is 9.59 Å². The largest absolute Gasteiger partial charge is 0.368 e. The average Bonchev–Trinajstić information content (AvgIpc) is 3.03. The van der Waals surface area contributed by atoms with Crippen LogP contribution < -0.4 is 16.1 Å². The third-order valence-electron chi connectivity index (χ3n) is 3.62. The van der Waals surface area contributed by atoms with Gasteiger partial charge in [-0.2, -0.15) is 5.10 Å². The number of amides is 2. The maximum absolute atomic E-state index is 12.4. The van der Waals surface area contributed by atoms with E-state index in [-0.39, 0.29) is 18.0 Å². The minimum Gasteiger partial charge on any atom is -0.368 e. The van der Waals surface area contributed by atoms with Gasteiger partial charge in [-0.15, -0.1) is 0 Å². The monoisotopic (exact) mass is 434 g/mol. The molecule has 1 aliphatic heterocycles. The molecule has 0 saturated heterocycles. The van der Waals surface area contributed by atoms with E-state index in [1.165, 1.54) is 5.01 Å². The summed E-state index contributed by atoms with van der Waals surface area (Å²) in [6.45, 7) is 0. The molecule has 0 fully saturated rings. The lowest BCUT2D eigenvalue weighted by Crippen LogP contribution is -2.39. The van der Waals surface area contributed by atoms with Crippen molar-refractivity contribution in [1.82, 2.24) is 0 Å². The van der Waals surface area contributed by atoms with Crippen LogP contribution in [0, 0.1) is 3.57 Å². The van der Waals surface area contributed by atoms with E-state index in [0.717, 1.165) is 9.26 Å². The molecule has 2 aromatic rings. The third kappa shape index (κ3) is 3.56. The van der Waals surface area contributed by atoms with Gasteiger partial charge in [0.25, 0.3) is 5.91 Å². The van der Waals surface area contributed by atoms with Gasteiger partial charge in [-0.05, 0) is 59.0 Å². The normalized spacial score (nSPS) is 16.6. The molecule has 3 N–H and O–H groups in total. The summed E-state index contributed by atoms with van der Waals surface area (Å²) < 4.78 is 1.08. The highest BCUT2D eigenvalue weighted by atomic mass is 127. The first-order chi connectivity index (χ1) is 11.5. The number of hydrogen-bond donors (Lipinski definition) is 2. The minimum absolute atomic E-state index is 0.181. The van der Waals surface area contributed by atoms with Crippen LogP contribution in [0.3, 0.4) is 0 Å². The van der Waals surface area contributed by atoms with Gasteiger partial charge in [-0.3, -0.25) is 14.6 Å². The zero-order chi connectivity index (χ0) is 17.1. The highest BCUT2D eigenvalue weighted by Gasteiger charge is 2.34. The maximum Gasteiger partial charge on any atom is 0.271 e. The fraction of sp³-hybridized carbons (Fsp3) is 0.118. The molecule has 0 aromatic heterocycles. The highest BCUT2D eigenvalue weighted by Crippen LogP contribution is 2.24. The van der Waals surface area contributed by atoms with Crippen LogP contribution in [0.2, 0.25) is 0 Å². The number of nitrogens with one attached hydrogen (secondary N) is 1. The second-order valence-corrected chi connectivity index (χ2v) is 6.56. The Kier molecular flexibility index (Phi) is 4.79. The van der Waals surface area contributed by atoms with E-state index >= 15 is 0 Å². The molecule has 24 heavy (non-hydrogen) atoms.